The van der Waals surface area contributed by atoms with Crippen molar-refractivity contribution >= 4 is 25.2 Å². The lowest BCUT2D eigenvalue weighted by atomic mass is 10.2. The summed E-state index contributed by atoms with van der Waals surface area (Å²) in [5, 5.41) is 3.45. The predicted molar refractivity (Wildman–Crippen MR) is 114 cm³/mol. The molecule has 2 N–H and O–H groups in total. The Morgan fingerprint density at radius 3 is 2.57 bits per heavy atom. The number of aromatic nitrogens is 4. The Kier molecular flexibility index (Phi) is 7.42. The van der Waals surface area contributed by atoms with E-state index in [0.717, 1.165) is 12.4 Å². The van der Waals surface area contributed by atoms with Gasteiger partial charge in [-0.25, -0.2) is 23.7 Å². The van der Waals surface area contributed by atoms with Crippen LogP contribution in [-0.4, -0.2) is 38.7 Å². The number of halogens is 2. The van der Waals surface area contributed by atoms with Crippen LogP contribution in [0.3, 0.4) is 0 Å². The average molecular weight is 435 g/mol. The van der Waals surface area contributed by atoms with E-state index in [-0.39, 0.29) is 23.9 Å². The maximum Gasteiger partial charge on any atom is 0.197 e. The van der Waals surface area contributed by atoms with Gasteiger partial charge < -0.3 is 19.3 Å². The zero-order valence-electron chi connectivity index (χ0n) is 17.2. The van der Waals surface area contributed by atoms with Crippen molar-refractivity contribution in [1.29, 1.82) is 0 Å². The third kappa shape index (κ3) is 5.78. The van der Waals surface area contributed by atoms with Crippen molar-refractivity contribution in [1.82, 2.24) is 19.9 Å². The lowest BCUT2D eigenvalue weighted by Gasteiger charge is -2.18. The Hall–Kier alpha value is -2.48. The molecule has 3 aromatic rings. The van der Waals surface area contributed by atoms with Crippen molar-refractivity contribution in [3.8, 4) is 11.4 Å². The minimum Gasteiger partial charge on any atom is -0.364 e. The molecule has 3 aromatic heterocycles. The molecule has 0 aromatic carbocycles. The minimum atomic E-state index is -1.18. The largest absolute Gasteiger partial charge is 0.364 e. The van der Waals surface area contributed by atoms with Crippen LogP contribution in [0.15, 0.2) is 36.6 Å². The van der Waals surface area contributed by atoms with E-state index < -0.39 is 20.0 Å². The second-order valence-corrected chi connectivity index (χ2v) is 8.29. The van der Waals surface area contributed by atoms with E-state index in [1.807, 2.05) is 39.6 Å². The van der Waals surface area contributed by atoms with Crippen molar-refractivity contribution in [3.05, 3.63) is 48.2 Å². The number of hydrogen-bond acceptors (Lipinski definition) is 6. The summed E-state index contributed by atoms with van der Waals surface area (Å²) in [6, 6.07) is 1.34. The molecule has 0 saturated carbocycles. The lowest BCUT2D eigenvalue weighted by molar-refractivity contribution is 0.183. The second-order valence-electron chi connectivity index (χ2n) is 7.00. The van der Waals surface area contributed by atoms with E-state index >= 15 is 0 Å². The molecule has 0 aliphatic carbocycles. The van der Waals surface area contributed by atoms with Gasteiger partial charge in [0.05, 0.1) is 24.6 Å². The standard InChI is InChI=1S/C20H24F2N5O2P/c1-12(2)28-30(29-13(3)4)7-5-6-23-20-17(22)11-26-19(27-20)16-10-25-18-15(16)8-14(21)9-24-18/h5,7-13H,6H2,1-4H3,(H,24,25)(H,23,26,27)/b7-5+. The van der Waals surface area contributed by atoms with Gasteiger partial charge in [0, 0.05) is 23.7 Å². The molecule has 0 aliphatic rings. The van der Waals surface area contributed by atoms with Crippen molar-refractivity contribution in [2.75, 3.05) is 11.9 Å². The first-order chi connectivity index (χ1) is 14.3. The van der Waals surface area contributed by atoms with Crippen molar-refractivity contribution in [2.45, 2.75) is 39.9 Å². The minimum absolute atomic E-state index is 0.0323. The Morgan fingerprint density at radius 1 is 1.13 bits per heavy atom. The topological polar surface area (TPSA) is 85.0 Å². The number of nitrogens with one attached hydrogen (secondary N) is 2. The zero-order chi connectivity index (χ0) is 21.7. The van der Waals surface area contributed by atoms with Gasteiger partial charge in [0.2, 0.25) is 0 Å². The summed E-state index contributed by atoms with van der Waals surface area (Å²) in [5.74, 6) is 1.07. The van der Waals surface area contributed by atoms with E-state index in [1.54, 1.807) is 6.20 Å². The first-order valence-corrected chi connectivity index (χ1v) is 10.8. The van der Waals surface area contributed by atoms with Crippen LogP contribution in [0.2, 0.25) is 0 Å². The highest BCUT2D eigenvalue weighted by molar-refractivity contribution is 7.50. The van der Waals surface area contributed by atoms with E-state index in [1.165, 1.54) is 6.07 Å². The summed E-state index contributed by atoms with van der Waals surface area (Å²) >= 11 is 0. The first kappa shape index (κ1) is 22.2. The summed E-state index contributed by atoms with van der Waals surface area (Å²) in [7, 11) is -1.18. The van der Waals surface area contributed by atoms with Crippen LogP contribution in [-0.2, 0) is 9.05 Å². The van der Waals surface area contributed by atoms with Crippen molar-refractivity contribution < 1.29 is 17.8 Å². The molecule has 0 atom stereocenters. The fourth-order valence-corrected chi connectivity index (χ4v) is 3.89. The molecule has 0 spiro atoms. The highest BCUT2D eigenvalue weighted by atomic mass is 31.2. The smallest absolute Gasteiger partial charge is 0.197 e. The van der Waals surface area contributed by atoms with Gasteiger partial charge >= 0.3 is 0 Å². The van der Waals surface area contributed by atoms with Crippen molar-refractivity contribution in [2.24, 2.45) is 0 Å². The summed E-state index contributed by atoms with van der Waals surface area (Å²) in [4.78, 5) is 15.2. The quantitative estimate of drug-likeness (QED) is 0.439. The molecule has 0 radical (unpaired) electrons. The second kappa shape index (κ2) is 10.0. The van der Waals surface area contributed by atoms with Gasteiger partial charge in [-0.1, -0.05) is 6.08 Å². The first-order valence-electron chi connectivity index (χ1n) is 9.52. The van der Waals surface area contributed by atoms with Gasteiger partial charge in [-0.2, -0.15) is 0 Å². The number of rotatable bonds is 9. The molecule has 0 saturated heterocycles. The highest BCUT2D eigenvalue weighted by Gasteiger charge is 2.14. The number of anilines is 1. The van der Waals surface area contributed by atoms with Crippen LogP contribution in [0.5, 0.6) is 0 Å². The Bertz CT molecular complexity index is 1020. The van der Waals surface area contributed by atoms with Gasteiger partial charge in [0.15, 0.2) is 25.8 Å². The van der Waals surface area contributed by atoms with Crippen LogP contribution in [0.1, 0.15) is 27.7 Å². The molecule has 0 aliphatic heterocycles. The van der Waals surface area contributed by atoms with Crippen molar-refractivity contribution in [3.63, 3.8) is 0 Å². The SMILES string of the molecule is CC(C)OP(/C=C/CNc1nc(-c2c[nH]c3ncc(F)cc23)ncc1F)OC(C)C. The fraction of sp³-hybridized carbons (Fsp3) is 0.350. The Morgan fingerprint density at radius 2 is 1.87 bits per heavy atom. The summed E-state index contributed by atoms with van der Waals surface area (Å²) < 4.78 is 39.2. The number of aromatic amines is 1. The number of H-pyrrole nitrogens is 1. The summed E-state index contributed by atoms with van der Waals surface area (Å²) in [6.45, 7) is 8.08. The summed E-state index contributed by atoms with van der Waals surface area (Å²) in [5.41, 5.74) is 1.04. The number of nitrogens with zero attached hydrogens (tertiary/aromatic N) is 3. The molecule has 0 amide bonds. The average Bonchev–Trinajstić information content (AvgIpc) is 3.08. The fourth-order valence-electron chi connectivity index (χ4n) is 2.59. The maximum atomic E-state index is 14.2. The van der Waals surface area contributed by atoms with Crippen LogP contribution in [0.25, 0.3) is 22.4 Å². The summed E-state index contributed by atoms with van der Waals surface area (Å²) in [6.07, 6.45) is 5.69. The predicted octanol–water partition coefficient (Wildman–Crippen LogP) is 5.39. The van der Waals surface area contributed by atoms with Crippen LogP contribution in [0.4, 0.5) is 14.6 Å². The molecule has 10 heteroatoms. The van der Waals surface area contributed by atoms with Gasteiger partial charge in [-0.05, 0) is 39.6 Å². The van der Waals surface area contributed by atoms with Gasteiger partial charge in [-0.15, -0.1) is 0 Å². The van der Waals surface area contributed by atoms with Crippen LogP contribution < -0.4 is 5.32 Å². The van der Waals surface area contributed by atoms with Gasteiger partial charge in [-0.3, -0.25) is 0 Å². The van der Waals surface area contributed by atoms with Gasteiger partial charge in [0.1, 0.15) is 11.5 Å². The van der Waals surface area contributed by atoms with E-state index in [0.29, 0.717) is 23.1 Å². The molecule has 30 heavy (non-hydrogen) atoms. The highest BCUT2D eigenvalue weighted by Crippen LogP contribution is 2.42. The Labute approximate surface area is 174 Å². The van der Waals surface area contributed by atoms with Crippen LogP contribution in [0, 0.1) is 11.6 Å². The Balaban J connectivity index is 1.73. The van der Waals surface area contributed by atoms with Crippen LogP contribution >= 0.6 is 8.38 Å². The molecule has 3 heterocycles. The molecular formula is C20H24F2N5O2P. The van der Waals surface area contributed by atoms with E-state index in [2.05, 4.69) is 25.3 Å². The molecule has 3 rings (SSSR count). The van der Waals surface area contributed by atoms with Gasteiger partial charge in [0.25, 0.3) is 0 Å². The maximum absolute atomic E-state index is 14.2. The molecule has 0 fully saturated rings. The van der Waals surface area contributed by atoms with E-state index in [9.17, 15) is 8.78 Å². The normalized spacial score (nSPS) is 12.2. The molecule has 7 nitrogen and oxygen atoms in total. The van der Waals surface area contributed by atoms with E-state index in [4.69, 9.17) is 9.05 Å². The lowest BCUT2D eigenvalue weighted by Crippen LogP contribution is -2.06. The third-order valence-corrected chi connectivity index (χ3v) is 5.44. The molecule has 0 unspecified atom stereocenters. The zero-order valence-corrected chi connectivity index (χ0v) is 18.1. The molecule has 0 bridgehead atoms. The number of fused-ring (bicyclic) bond motifs is 1. The monoisotopic (exact) mass is 435 g/mol. The third-order valence-electron chi connectivity index (χ3n) is 3.73. The molecular weight excluding hydrogens is 411 g/mol. The number of pyridine rings is 1. The molecule has 160 valence electrons. The number of hydrogen-bond donors (Lipinski definition) is 2.